The van der Waals surface area contributed by atoms with Crippen molar-refractivity contribution in [2.24, 2.45) is 0 Å². The van der Waals surface area contributed by atoms with Gasteiger partial charge in [0.2, 0.25) is 0 Å². The molecule has 0 saturated heterocycles. The van der Waals surface area contributed by atoms with Crippen LogP contribution in [-0.2, 0) is 4.74 Å². The maximum Gasteiger partial charge on any atom is 0.407 e. The minimum absolute atomic E-state index is 0.419. The van der Waals surface area contributed by atoms with Crippen molar-refractivity contribution in [1.29, 1.82) is 0 Å². The predicted octanol–water partition coefficient (Wildman–Crippen LogP) is 2.94. The lowest BCUT2D eigenvalue weighted by Crippen LogP contribution is -2.40. The average Bonchev–Trinajstić information content (AvgIpc) is 2.26. The van der Waals surface area contributed by atoms with Gasteiger partial charge in [-0.15, -0.1) is 0 Å². The van der Waals surface area contributed by atoms with Crippen LogP contribution < -0.4 is 5.32 Å². The molecule has 19 heavy (non-hydrogen) atoms. The number of rotatable bonds is 3. The Morgan fingerprint density at radius 1 is 1.26 bits per heavy atom. The van der Waals surface area contributed by atoms with Crippen molar-refractivity contribution in [2.75, 3.05) is 0 Å². The highest BCUT2D eigenvalue weighted by atomic mass is 16.6. The summed E-state index contributed by atoms with van der Waals surface area (Å²) in [7, 11) is 0. The van der Waals surface area contributed by atoms with E-state index in [0.29, 0.717) is 0 Å². The summed E-state index contributed by atoms with van der Waals surface area (Å²) in [6.45, 7) is 9.13. The van der Waals surface area contributed by atoms with Gasteiger partial charge in [-0.2, -0.15) is 0 Å². The molecule has 0 spiro atoms. The summed E-state index contributed by atoms with van der Waals surface area (Å²) in [5.41, 5.74) is 1.36. The first kappa shape index (κ1) is 15.5. The van der Waals surface area contributed by atoms with Crippen molar-refractivity contribution in [1.82, 2.24) is 5.32 Å². The van der Waals surface area contributed by atoms with Crippen LogP contribution in [0.1, 0.15) is 44.9 Å². The Kier molecular flexibility index (Phi) is 4.95. The third kappa shape index (κ3) is 5.30. The van der Waals surface area contributed by atoms with E-state index in [1.807, 2.05) is 31.2 Å². The topological polar surface area (TPSA) is 58.6 Å². The number of aliphatic hydroxyl groups is 1. The maximum absolute atomic E-state index is 11.6. The Hall–Kier alpha value is -1.55. The molecule has 0 fully saturated rings. The van der Waals surface area contributed by atoms with E-state index in [-0.39, 0.29) is 0 Å². The van der Waals surface area contributed by atoms with Gasteiger partial charge in [0.1, 0.15) is 5.60 Å². The lowest BCUT2D eigenvalue weighted by Gasteiger charge is -2.24. The van der Waals surface area contributed by atoms with E-state index in [1.54, 1.807) is 27.7 Å². The molecule has 4 nitrogen and oxygen atoms in total. The zero-order valence-corrected chi connectivity index (χ0v) is 12.2. The lowest BCUT2D eigenvalue weighted by atomic mass is 10.0. The SMILES string of the molecule is Cc1ccc([C@@H](O)[C@H](C)NC(=O)OC(C)(C)C)cc1. The third-order valence-corrected chi connectivity index (χ3v) is 2.64. The van der Waals surface area contributed by atoms with Crippen LogP contribution in [0.4, 0.5) is 4.79 Å². The monoisotopic (exact) mass is 265 g/mol. The molecule has 0 aromatic heterocycles. The van der Waals surface area contributed by atoms with Gasteiger partial charge in [0, 0.05) is 0 Å². The first-order chi connectivity index (χ1) is 8.69. The number of nitrogens with one attached hydrogen (secondary N) is 1. The van der Waals surface area contributed by atoms with Crippen molar-refractivity contribution < 1.29 is 14.6 Å². The molecule has 1 rings (SSSR count). The number of aliphatic hydroxyl groups excluding tert-OH is 1. The molecule has 0 aliphatic rings. The fourth-order valence-electron chi connectivity index (χ4n) is 1.62. The van der Waals surface area contributed by atoms with Crippen molar-refractivity contribution in [3.8, 4) is 0 Å². The smallest absolute Gasteiger partial charge is 0.407 e. The zero-order chi connectivity index (χ0) is 14.6. The number of aryl methyl sites for hydroxylation is 1. The second kappa shape index (κ2) is 6.06. The van der Waals surface area contributed by atoms with Crippen LogP contribution in [-0.4, -0.2) is 22.8 Å². The second-order valence-electron chi connectivity index (χ2n) is 5.79. The Bertz CT molecular complexity index is 420. The second-order valence-corrected chi connectivity index (χ2v) is 5.79. The molecule has 1 aromatic rings. The summed E-state index contributed by atoms with van der Waals surface area (Å²) in [5.74, 6) is 0. The Morgan fingerprint density at radius 2 is 1.79 bits per heavy atom. The van der Waals surface area contributed by atoms with E-state index in [1.165, 1.54) is 0 Å². The number of alkyl carbamates (subject to hydrolysis) is 1. The van der Waals surface area contributed by atoms with Crippen molar-refractivity contribution in [3.05, 3.63) is 35.4 Å². The van der Waals surface area contributed by atoms with E-state index in [0.717, 1.165) is 11.1 Å². The molecule has 106 valence electrons. The van der Waals surface area contributed by atoms with Gasteiger partial charge < -0.3 is 15.2 Å². The quantitative estimate of drug-likeness (QED) is 0.883. The van der Waals surface area contributed by atoms with Crippen molar-refractivity contribution in [2.45, 2.75) is 52.4 Å². The molecule has 1 amide bonds. The number of benzene rings is 1. The largest absolute Gasteiger partial charge is 0.444 e. The highest BCUT2D eigenvalue weighted by Gasteiger charge is 2.22. The highest BCUT2D eigenvalue weighted by molar-refractivity contribution is 5.68. The predicted molar refractivity (Wildman–Crippen MR) is 75.0 cm³/mol. The van der Waals surface area contributed by atoms with Crippen LogP contribution in [0.25, 0.3) is 0 Å². The molecule has 0 bridgehead atoms. The maximum atomic E-state index is 11.6. The van der Waals surface area contributed by atoms with Gasteiger partial charge in [-0.25, -0.2) is 4.79 Å². The van der Waals surface area contributed by atoms with Gasteiger partial charge in [-0.1, -0.05) is 29.8 Å². The number of hydrogen-bond acceptors (Lipinski definition) is 3. The zero-order valence-electron chi connectivity index (χ0n) is 12.2. The average molecular weight is 265 g/mol. The summed E-state index contributed by atoms with van der Waals surface area (Å²) >= 11 is 0. The van der Waals surface area contributed by atoms with Crippen molar-refractivity contribution in [3.63, 3.8) is 0 Å². The number of amides is 1. The molecule has 0 unspecified atom stereocenters. The minimum Gasteiger partial charge on any atom is -0.444 e. The van der Waals surface area contributed by atoms with E-state index >= 15 is 0 Å². The van der Waals surface area contributed by atoms with Gasteiger partial charge in [-0.3, -0.25) is 0 Å². The summed E-state index contributed by atoms with van der Waals surface area (Å²) in [4.78, 5) is 11.6. The van der Waals surface area contributed by atoms with Crippen LogP contribution in [0.3, 0.4) is 0 Å². The first-order valence-corrected chi connectivity index (χ1v) is 6.43. The molecule has 0 saturated carbocycles. The molecular weight excluding hydrogens is 242 g/mol. The fourth-order valence-corrected chi connectivity index (χ4v) is 1.62. The van der Waals surface area contributed by atoms with Gasteiger partial charge in [-0.05, 0) is 40.2 Å². The van der Waals surface area contributed by atoms with Crippen LogP contribution in [0.2, 0.25) is 0 Å². The first-order valence-electron chi connectivity index (χ1n) is 6.43. The van der Waals surface area contributed by atoms with Crippen LogP contribution in [0.15, 0.2) is 24.3 Å². The van der Waals surface area contributed by atoms with E-state index in [9.17, 15) is 9.90 Å². The third-order valence-electron chi connectivity index (χ3n) is 2.64. The highest BCUT2D eigenvalue weighted by Crippen LogP contribution is 2.17. The molecule has 0 aliphatic heterocycles. The number of hydrogen-bond donors (Lipinski definition) is 2. The van der Waals surface area contributed by atoms with E-state index < -0.39 is 23.8 Å². The molecular formula is C15H23NO3. The van der Waals surface area contributed by atoms with Crippen LogP contribution in [0.5, 0.6) is 0 Å². The van der Waals surface area contributed by atoms with Crippen LogP contribution >= 0.6 is 0 Å². The van der Waals surface area contributed by atoms with E-state index in [2.05, 4.69) is 5.32 Å². The molecule has 1 aromatic carbocycles. The normalized spacial score (nSPS) is 14.6. The van der Waals surface area contributed by atoms with E-state index in [4.69, 9.17) is 4.74 Å². The summed E-state index contributed by atoms with van der Waals surface area (Å²) in [5, 5.41) is 12.8. The number of ether oxygens (including phenoxy) is 1. The number of carbonyl (C=O) groups is 1. The van der Waals surface area contributed by atoms with Crippen molar-refractivity contribution >= 4 is 6.09 Å². The molecule has 0 radical (unpaired) electrons. The molecule has 0 aliphatic carbocycles. The summed E-state index contributed by atoms with van der Waals surface area (Å²) in [6.07, 6.45) is -1.28. The van der Waals surface area contributed by atoms with Gasteiger partial charge in [0.25, 0.3) is 0 Å². The summed E-state index contributed by atoms with van der Waals surface area (Å²) < 4.78 is 5.15. The Labute approximate surface area is 114 Å². The minimum atomic E-state index is -0.756. The standard InChI is InChI=1S/C15H23NO3/c1-10-6-8-12(9-7-10)13(17)11(2)16-14(18)19-15(3,4)5/h6-9,11,13,17H,1-5H3,(H,16,18)/t11-,13-/m0/s1. The lowest BCUT2D eigenvalue weighted by molar-refractivity contribution is 0.0436. The molecule has 2 atom stereocenters. The number of carbonyl (C=O) groups excluding carboxylic acids is 1. The Morgan fingerprint density at radius 3 is 2.26 bits per heavy atom. The molecule has 0 heterocycles. The van der Waals surface area contributed by atoms with Gasteiger partial charge in [0.15, 0.2) is 0 Å². The summed E-state index contributed by atoms with van der Waals surface area (Å²) in [6, 6.07) is 7.15. The van der Waals surface area contributed by atoms with Crippen LogP contribution in [0, 0.1) is 6.92 Å². The molecule has 4 heteroatoms. The fraction of sp³-hybridized carbons (Fsp3) is 0.533. The van der Waals surface area contributed by atoms with Gasteiger partial charge >= 0.3 is 6.09 Å². The Balaban J connectivity index is 2.60. The van der Waals surface area contributed by atoms with Gasteiger partial charge in [0.05, 0.1) is 12.1 Å². The molecule has 2 N–H and O–H groups in total.